The smallest absolute Gasteiger partial charge is 0.165 e. The van der Waals surface area contributed by atoms with Crippen LogP contribution in [0.15, 0.2) is 12.1 Å². The minimum absolute atomic E-state index is 0.106. The van der Waals surface area contributed by atoms with Crippen LogP contribution in [-0.4, -0.2) is 18.8 Å². The number of hydrogen-bond acceptors (Lipinski definition) is 2. The molecule has 2 rings (SSSR count). The highest BCUT2D eigenvalue weighted by Gasteiger charge is 2.46. The Labute approximate surface area is 86.5 Å². The van der Waals surface area contributed by atoms with Gasteiger partial charge in [0.2, 0.25) is 0 Å². The zero-order valence-electron chi connectivity index (χ0n) is 8.39. The normalized spacial score (nSPS) is 17.6. The largest absolute Gasteiger partial charge is 0.494 e. The van der Waals surface area contributed by atoms with Crippen molar-refractivity contribution in [2.45, 2.75) is 18.3 Å². The van der Waals surface area contributed by atoms with Gasteiger partial charge in [0, 0.05) is 11.5 Å². The van der Waals surface area contributed by atoms with Gasteiger partial charge in [0.25, 0.3) is 0 Å². The van der Waals surface area contributed by atoms with E-state index in [2.05, 4.69) is 4.74 Å². The van der Waals surface area contributed by atoms with E-state index in [0.29, 0.717) is 12.8 Å². The van der Waals surface area contributed by atoms with Crippen molar-refractivity contribution in [1.29, 1.82) is 0 Å². The van der Waals surface area contributed by atoms with E-state index in [1.807, 2.05) is 0 Å². The van der Waals surface area contributed by atoms with Gasteiger partial charge >= 0.3 is 0 Å². The van der Waals surface area contributed by atoms with Crippen molar-refractivity contribution in [3.8, 4) is 5.75 Å². The lowest BCUT2D eigenvalue weighted by atomic mass is 9.96. The van der Waals surface area contributed by atoms with E-state index >= 15 is 0 Å². The number of halogens is 2. The Balaban J connectivity index is 2.45. The van der Waals surface area contributed by atoms with Crippen molar-refractivity contribution in [1.82, 2.24) is 0 Å². The average Bonchev–Trinajstić information content (AvgIpc) is 3.01. The van der Waals surface area contributed by atoms with Crippen LogP contribution in [0.3, 0.4) is 0 Å². The predicted octanol–water partition coefficient (Wildman–Crippen LogP) is 2.00. The molecule has 0 heterocycles. The molecule has 4 heteroatoms. The number of aliphatic hydroxyl groups excluding tert-OH is 1. The summed E-state index contributed by atoms with van der Waals surface area (Å²) in [5.41, 5.74) is -0.305. The number of ether oxygens (including phenoxy) is 1. The fraction of sp³-hybridized carbons (Fsp3) is 0.455. The van der Waals surface area contributed by atoms with E-state index in [0.717, 1.165) is 12.1 Å². The van der Waals surface area contributed by atoms with Crippen LogP contribution in [0.2, 0.25) is 0 Å². The van der Waals surface area contributed by atoms with Gasteiger partial charge in [-0.05, 0) is 24.5 Å². The van der Waals surface area contributed by atoms with E-state index in [4.69, 9.17) is 5.11 Å². The van der Waals surface area contributed by atoms with Crippen molar-refractivity contribution in [3.05, 3.63) is 29.3 Å². The zero-order valence-corrected chi connectivity index (χ0v) is 8.39. The second-order valence-electron chi connectivity index (χ2n) is 3.91. The molecule has 0 amide bonds. The molecule has 1 aliphatic carbocycles. The molecule has 0 radical (unpaired) electrons. The molecule has 1 aromatic carbocycles. The third-order valence-corrected chi connectivity index (χ3v) is 2.97. The highest BCUT2D eigenvalue weighted by atomic mass is 19.1. The molecule has 15 heavy (non-hydrogen) atoms. The summed E-state index contributed by atoms with van der Waals surface area (Å²) in [6.45, 7) is -0.143. The first-order chi connectivity index (χ1) is 7.13. The van der Waals surface area contributed by atoms with Crippen molar-refractivity contribution >= 4 is 0 Å². The second-order valence-corrected chi connectivity index (χ2v) is 3.91. The third-order valence-electron chi connectivity index (χ3n) is 2.97. The Morgan fingerprint density at radius 3 is 2.47 bits per heavy atom. The number of methoxy groups -OCH3 is 1. The molecule has 2 nitrogen and oxygen atoms in total. The SMILES string of the molecule is COc1cc(F)c(C2(CO)CC2)cc1F. The zero-order chi connectivity index (χ0) is 11.1. The van der Waals surface area contributed by atoms with E-state index in [1.54, 1.807) is 0 Å². The van der Waals surface area contributed by atoms with Crippen molar-refractivity contribution in [3.63, 3.8) is 0 Å². The minimum atomic E-state index is -0.589. The summed E-state index contributed by atoms with van der Waals surface area (Å²) >= 11 is 0. The molecule has 0 spiro atoms. The Hall–Kier alpha value is -1.16. The van der Waals surface area contributed by atoms with Gasteiger partial charge in [0.05, 0.1) is 13.7 Å². The molecular weight excluding hydrogens is 202 g/mol. The van der Waals surface area contributed by atoms with Gasteiger partial charge in [-0.1, -0.05) is 0 Å². The highest BCUT2D eigenvalue weighted by molar-refractivity contribution is 5.38. The highest BCUT2D eigenvalue weighted by Crippen LogP contribution is 2.49. The van der Waals surface area contributed by atoms with Gasteiger partial charge in [-0.3, -0.25) is 0 Å². The molecule has 1 saturated carbocycles. The molecule has 0 aromatic heterocycles. The topological polar surface area (TPSA) is 29.5 Å². The van der Waals surface area contributed by atoms with Crippen LogP contribution >= 0.6 is 0 Å². The van der Waals surface area contributed by atoms with Crippen LogP contribution in [-0.2, 0) is 5.41 Å². The Kier molecular flexibility index (Phi) is 2.38. The summed E-state index contributed by atoms with van der Waals surface area (Å²) < 4.78 is 31.6. The van der Waals surface area contributed by atoms with E-state index in [-0.39, 0.29) is 17.9 Å². The maximum atomic E-state index is 13.6. The summed E-state index contributed by atoms with van der Waals surface area (Å²) in [4.78, 5) is 0. The van der Waals surface area contributed by atoms with Crippen molar-refractivity contribution < 1.29 is 18.6 Å². The molecule has 0 saturated heterocycles. The molecule has 1 aliphatic rings. The molecule has 82 valence electrons. The predicted molar refractivity (Wildman–Crippen MR) is 50.9 cm³/mol. The standard InChI is InChI=1S/C11H12F2O2/c1-15-10-5-8(12)7(4-9(10)13)11(6-14)2-3-11/h4-5,14H,2-3,6H2,1H3. The van der Waals surface area contributed by atoms with Crippen LogP contribution in [0, 0.1) is 11.6 Å². The molecule has 0 aliphatic heterocycles. The number of rotatable bonds is 3. The Morgan fingerprint density at radius 2 is 2.00 bits per heavy atom. The summed E-state index contributed by atoms with van der Waals surface area (Å²) in [6.07, 6.45) is 1.40. The lowest BCUT2D eigenvalue weighted by Gasteiger charge is -2.14. The van der Waals surface area contributed by atoms with Crippen LogP contribution in [0.1, 0.15) is 18.4 Å². The van der Waals surface area contributed by atoms with Crippen LogP contribution in [0.4, 0.5) is 8.78 Å². The van der Waals surface area contributed by atoms with Gasteiger partial charge in [-0.2, -0.15) is 0 Å². The van der Waals surface area contributed by atoms with Crippen LogP contribution in [0.25, 0.3) is 0 Å². The summed E-state index contributed by atoms with van der Waals surface area (Å²) in [7, 11) is 1.29. The van der Waals surface area contributed by atoms with Gasteiger partial charge in [-0.25, -0.2) is 8.78 Å². The van der Waals surface area contributed by atoms with Gasteiger partial charge < -0.3 is 9.84 Å². The lowest BCUT2D eigenvalue weighted by molar-refractivity contribution is 0.251. The lowest BCUT2D eigenvalue weighted by Crippen LogP contribution is -2.14. The molecular formula is C11H12F2O2. The minimum Gasteiger partial charge on any atom is -0.494 e. The third kappa shape index (κ3) is 1.59. The van der Waals surface area contributed by atoms with Gasteiger partial charge in [-0.15, -0.1) is 0 Å². The van der Waals surface area contributed by atoms with Gasteiger partial charge in [0.1, 0.15) is 5.82 Å². The Morgan fingerprint density at radius 1 is 1.33 bits per heavy atom. The molecule has 1 aromatic rings. The summed E-state index contributed by atoms with van der Waals surface area (Å²) in [5, 5.41) is 9.13. The van der Waals surface area contributed by atoms with Gasteiger partial charge in [0.15, 0.2) is 11.6 Å². The molecule has 0 bridgehead atoms. The fourth-order valence-electron chi connectivity index (χ4n) is 1.75. The van der Waals surface area contributed by atoms with Crippen LogP contribution in [0.5, 0.6) is 5.75 Å². The van der Waals surface area contributed by atoms with Crippen LogP contribution < -0.4 is 4.74 Å². The van der Waals surface area contributed by atoms with E-state index < -0.39 is 17.0 Å². The molecule has 0 unspecified atom stereocenters. The summed E-state index contributed by atoms with van der Waals surface area (Å²) in [5.74, 6) is -1.21. The number of benzene rings is 1. The van der Waals surface area contributed by atoms with E-state index in [9.17, 15) is 8.78 Å². The van der Waals surface area contributed by atoms with Crippen molar-refractivity contribution in [2.75, 3.05) is 13.7 Å². The second kappa shape index (κ2) is 3.45. The molecule has 1 fully saturated rings. The number of hydrogen-bond donors (Lipinski definition) is 1. The van der Waals surface area contributed by atoms with E-state index in [1.165, 1.54) is 7.11 Å². The average molecular weight is 214 g/mol. The Bertz CT molecular complexity index is 386. The van der Waals surface area contributed by atoms with Crippen molar-refractivity contribution in [2.24, 2.45) is 0 Å². The quantitative estimate of drug-likeness (QED) is 0.833. The monoisotopic (exact) mass is 214 g/mol. The summed E-state index contributed by atoms with van der Waals surface area (Å²) in [6, 6.07) is 2.15. The first-order valence-electron chi connectivity index (χ1n) is 4.77. The molecule has 0 atom stereocenters. The first-order valence-corrected chi connectivity index (χ1v) is 4.77. The fourth-order valence-corrected chi connectivity index (χ4v) is 1.75. The maximum absolute atomic E-state index is 13.6. The number of aliphatic hydroxyl groups is 1. The first kappa shape index (κ1) is 10.4. The molecule has 1 N–H and O–H groups in total. The maximum Gasteiger partial charge on any atom is 0.165 e.